The standard InChI is InChI=1S/C10H13N3O/c1-3-7(4-2)9-12-6-8(5-11)10(14)13-9/h6-7H,3-4H2,1-2H3,(H,12,13,14). The predicted molar refractivity (Wildman–Crippen MR) is 52.9 cm³/mol. The van der Waals surface area contributed by atoms with Gasteiger partial charge in [0.2, 0.25) is 0 Å². The van der Waals surface area contributed by atoms with Gasteiger partial charge in [0.1, 0.15) is 17.5 Å². The summed E-state index contributed by atoms with van der Waals surface area (Å²) in [4.78, 5) is 18.0. The number of nitriles is 1. The van der Waals surface area contributed by atoms with Gasteiger partial charge in [-0.05, 0) is 12.8 Å². The molecule has 1 heterocycles. The van der Waals surface area contributed by atoms with Crippen LogP contribution in [0.1, 0.15) is 44.0 Å². The molecule has 0 bridgehead atoms. The first-order chi connectivity index (χ1) is 6.72. The molecule has 1 aromatic rings. The first-order valence-corrected chi connectivity index (χ1v) is 4.72. The Balaban J connectivity index is 3.09. The quantitative estimate of drug-likeness (QED) is 0.787. The van der Waals surface area contributed by atoms with Gasteiger partial charge in [-0.15, -0.1) is 0 Å². The average molecular weight is 191 g/mol. The van der Waals surface area contributed by atoms with Gasteiger partial charge in [0.25, 0.3) is 5.56 Å². The van der Waals surface area contributed by atoms with E-state index in [0.29, 0.717) is 5.82 Å². The Hall–Kier alpha value is -1.63. The van der Waals surface area contributed by atoms with Crippen LogP contribution in [0.5, 0.6) is 0 Å². The highest BCUT2D eigenvalue weighted by Crippen LogP contribution is 2.17. The molecule has 0 aliphatic heterocycles. The number of aromatic nitrogens is 2. The highest BCUT2D eigenvalue weighted by atomic mass is 16.1. The van der Waals surface area contributed by atoms with Crippen molar-refractivity contribution in [3.8, 4) is 6.07 Å². The second-order valence-corrected chi connectivity index (χ2v) is 3.14. The molecule has 0 amide bonds. The van der Waals surface area contributed by atoms with E-state index in [1.807, 2.05) is 13.8 Å². The van der Waals surface area contributed by atoms with Crippen LogP contribution in [0.25, 0.3) is 0 Å². The van der Waals surface area contributed by atoms with Crippen molar-refractivity contribution in [2.75, 3.05) is 0 Å². The molecular formula is C10H13N3O. The van der Waals surface area contributed by atoms with E-state index < -0.39 is 0 Å². The highest BCUT2D eigenvalue weighted by molar-refractivity contribution is 5.22. The zero-order valence-electron chi connectivity index (χ0n) is 8.37. The Labute approximate surface area is 82.6 Å². The minimum absolute atomic E-state index is 0.0692. The summed E-state index contributed by atoms with van der Waals surface area (Å²) in [5.74, 6) is 0.953. The number of aromatic amines is 1. The third kappa shape index (κ3) is 1.99. The molecule has 0 aliphatic rings. The van der Waals surface area contributed by atoms with Gasteiger partial charge in [0.05, 0.1) is 6.20 Å². The van der Waals surface area contributed by atoms with E-state index in [1.54, 1.807) is 6.07 Å². The predicted octanol–water partition coefficient (Wildman–Crippen LogP) is 1.55. The van der Waals surface area contributed by atoms with Crippen LogP contribution in [0.4, 0.5) is 0 Å². The summed E-state index contributed by atoms with van der Waals surface area (Å²) in [5, 5.41) is 8.55. The Bertz CT molecular complexity index is 399. The smallest absolute Gasteiger partial charge is 0.268 e. The fourth-order valence-corrected chi connectivity index (χ4v) is 1.37. The van der Waals surface area contributed by atoms with Gasteiger partial charge in [0, 0.05) is 5.92 Å². The van der Waals surface area contributed by atoms with Crippen molar-refractivity contribution in [3.05, 3.63) is 27.9 Å². The number of hydrogen-bond acceptors (Lipinski definition) is 3. The van der Waals surface area contributed by atoms with Crippen LogP contribution in [-0.4, -0.2) is 9.97 Å². The number of H-pyrrole nitrogens is 1. The van der Waals surface area contributed by atoms with Crippen LogP contribution in [0, 0.1) is 11.3 Å². The van der Waals surface area contributed by atoms with E-state index in [1.165, 1.54) is 6.20 Å². The zero-order valence-corrected chi connectivity index (χ0v) is 8.37. The molecule has 0 spiro atoms. The average Bonchev–Trinajstić information content (AvgIpc) is 2.20. The van der Waals surface area contributed by atoms with Crippen molar-refractivity contribution in [2.45, 2.75) is 32.6 Å². The minimum Gasteiger partial charge on any atom is -0.309 e. The van der Waals surface area contributed by atoms with E-state index in [-0.39, 0.29) is 17.0 Å². The lowest BCUT2D eigenvalue weighted by Gasteiger charge is -2.10. The molecule has 0 aromatic carbocycles. The summed E-state index contributed by atoms with van der Waals surface area (Å²) >= 11 is 0. The van der Waals surface area contributed by atoms with Crippen LogP contribution in [-0.2, 0) is 0 Å². The third-order valence-corrected chi connectivity index (χ3v) is 2.31. The lowest BCUT2D eigenvalue weighted by Crippen LogP contribution is -2.16. The third-order valence-electron chi connectivity index (χ3n) is 2.31. The van der Waals surface area contributed by atoms with Crippen LogP contribution in [0.2, 0.25) is 0 Å². The summed E-state index contributed by atoms with van der Waals surface area (Å²) in [6.45, 7) is 4.10. The van der Waals surface area contributed by atoms with E-state index in [2.05, 4.69) is 9.97 Å². The molecule has 1 rings (SSSR count). The molecule has 0 saturated carbocycles. The van der Waals surface area contributed by atoms with Crippen LogP contribution in [0.3, 0.4) is 0 Å². The van der Waals surface area contributed by atoms with Gasteiger partial charge in [0.15, 0.2) is 0 Å². The lowest BCUT2D eigenvalue weighted by molar-refractivity contribution is 0.598. The second kappa shape index (κ2) is 4.56. The fourth-order valence-electron chi connectivity index (χ4n) is 1.37. The van der Waals surface area contributed by atoms with Crippen LogP contribution >= 0.6 is 0 Å². The first-order valence-electron chi connectivity index (χ1n) is 4.72. The largest absolute Gasteiger partial charge is 0.309 e. The first kappa shape index (κ1) is 10.5. The van der Waals surface area contributed by atoms with Gasteiger partial charge in [-0.2, -0.15) is 5.26 Å². The van der Waals surface area contributed by atoms with Crippen molar-refractivity contribution >= 4 is 0 Å². The van der Waals surface area contributed by atoms with Gasteiger partial charge in [-0.25, -0.2) is 4.98 Å². The monoisotopic (exact) mass is 191 g/mol. The zero-order chi connectivity index (χ0) is 10.6. The number of nitrogens with one attached hydrogen (secondary N) is 1. The summed E-state index contributed by atoms with van der Waals surface area (Å²) in [6.07, 6.45) is 3.21. The Morgan fingerprint density at radius 1 is 1.57 bits per heavy atom. The molecule has 0 atom stereocenters. The Morgan fingerprint density at radius 3 is 2.64 bits per heavy atom. The van der Waals surface area contributed by atoms with Crippen molar-refractivity contribution in [2.24, 2.45) is 0 Å². The van der Waals surface area contributed by atoms with Gasteiger partial charge in [-0.3, -0.25) is 4.79 Å². The Morgan fingerprint density at radius 2 is 2.21 bits per heavy atom. The molecule has 4 nitrogen and oxygen atoms in total. The molecular weight excluding hydrogens is 178 g/mol. The SMILES string of the molecule is CCC(CC)c1ncc(C#N)c(=O)[nH]1. The van der Waals surface area contributed by atoms with Crippen molar-refractivity contribution < 1.29 is 0 Å². The van der Waals surface area contributed by atoms with E-state index in [9.17, 15) is 4.79 Å². The second-order valence-electron chi connectivity index (χ2n) is 3.14. The maximum atomic E-state index is 11.3. The molecule has 4 heteroatoms. The van der Waals surface area contributed by atoms with Crippen molar-refractivity contribution in [1.82, 2.24) is 9.97 Å². The van der Waals surface area contributed by atoms with Crippen molar-refractivity contribution in [1.29, 1.82) is 5.26 Å². The van der Waals surface area contributed by atoms with Gasteiger partial charge in [-0.1, -0.05) is 13.8 Å². The van der Waals surface area contributed by atoms with E-state index >= 15 is 0 Å². The van der Waals surface area contributed by atoms with Gasteiger partial charge >= 0.3 is 0 Å². The van der Waals surface area contributed by atoms with Crippen LogP contribution < -0.4 is 5.56 Å². The normalized spacial score (nSPS) is 10.1. The lowest BCUT2D eigenvalue weighted by atomic mass is 10.0. The van der Waals surface area contributed by atoms with E-state index in [0.717, 1.165) is 12.8 Å². The molecule has 1 aromatic heterocycles. The maximum absolute atomic E-state index is 11.3. The molecule has 0 unspecified atom stereocenters. The molecule has 0 radical (unpaired) electrons. The number of nitrogens with zero attached hydrogens (tertiary/aromatic N) is 2. The molecule has 74 valence electrons. The van der Waals surface area contributed by atoms with Crippen molar-refractivity contribution in [3.63, 3.8) is 0 Å². The van der Waals surface area contributed by atoms with Crippen LogP contribution in [0.15, 0.2) is 11.0 Å². The summed E-state index contributed by atoms with van der Waals surface area (Å²) in [5.41, 5.74) is -0.274. The topological polar surface area (TPSA) is 69.5 Å². The van der Waals surface area contributed by atoms with E-state index in [4.69, 9.17) is 5.26 Å². The highest BCUT2D eigenvalue weighted by Gasteiger charge is 2.10. The molecule has 0 fully saturated rings. The number of rotatable bonds is 3. The number of hydrogen-bond donors (Lipinski definition) is 1. The van der Waals surface area contributed by atoms with Gasteiger partial charge < -0.3 is 4.98 Å². The molecule has 1 N–H and O–H groups in total. The molecule has 14 heavy (non-hydrogen) atoms. The molecule has 0 saturated heterocycles. The molecule has 0 aliphatic carbocycles. The Kier molecular flexibility index (Phi) is 3.41. The summed E-state index contributed by atoms with van der Waals surface area (Å²) in [6, 6.07) is 1.79. The minimum atomic E-state index is -0.343. The summed E-state index contributed by atoms with van der Waals surface area (Å²) < 4.78 is 0. The fraction of sp³-hybridized carbons (Fsp3) is 0.500. The maximum Gasteiger partial charge on any atom is 0.268 e. The summed E-state index contributed by atoms with van der Waals surface area (Å²) in [7, 11) is 0.